The average Bonchev–Trinajstić information content (AvgIpc) is 2.67. The maximum absolute atomic E-state index is 5.49. The van der Waals surface area contributed by atoms with Crippen molar-refractivity contribution in [1.29, 1.82) is 0 Å². The number of ether oxygens (including phenoxy) is 1. The number of aryl methyl sites for hydroxylation is 1. The average molecular weight is 369 g/mol. The molecule has 0 aliphatic carbocycles. The normalized spacial score (nSPS) is 12.7. The predicted molar refractivity (Wildman–Crippen MR) is 112 cm³/mol. The maximum Gasteiger partial charge on any atom is 0.191 e. The molecule has 0 saturated heterocycles. The summed E-state index contributed by atoms with van der Waals surface area (Å²) in [6.07, 6.45) is 3.77. The number of aromatic nitrogens is 1. The predicted octanol–water partition coefficient (Wildman–Crippen LogP) is 3.89. The minimum atomic E-state index is 0.372. The van der Waals surface area contributed by atoms with Gasteiger partial charge in [0.15, 0.2) is 5.96 Å². The fourth-order valence-electron chi connectivity index (χ4n) is 3.03. The van der Waals surface area contributed by atoms with Crippen molar-refractivity contribution < 1.29 is 4.74 Å². The van der Waals surface area contributed by atoms with Gasteiger partial charge in [0.05, 0.1) is 13.7 Å². The van der Waals surface area contributed by atoms with E-state index in [1.165, 1.54) is 11.1 Å². The molecule has 0 fully saturated rings. The number of rotatable bonds is 8. The lowest BCUT2D eigenvalue weighted by Crippen LogP contribution is -2.40. The first-order chi connectivity index (χ1) is 13.0. The molecular weight excluding hydrogens is 336 g/mol. The molecule has 1 heterocycles. The summed E-state index contributed by atoms with van der Waals surface area (Å²) in [6.45, 7) is 10.8. The molecule has 1 aromatic carbocycles. The van der Waals surface area contributed by atoms with E-state index in [1.54, 1.807) is 7.11 Å². The summed E-state index contributed by atoms with van der Waals surface area (Å²) in [4.78, 5) is 9.01. The third kappa shape index (κ3) is 6.27. The van der Waals surface area contributed by atoms with Gasteiger partial charge in [-0.3, -0.25) is 4.98 Å². The SMILES string of the molecule is CCNC(=NCc1ccc(C)cc1OC)NCC(c1cccnc1)C(C)C. The van der Waals surface area contributed by atoms with E-state index >= 15 is 0 Å². The fourth-order valence-corrected chi connectivity index (χ4v) is 3.03. The van der Waals surface area contributed by atoms with E-state index in [-0.39, 0.29) is 0 Å². The molecule has 0 spiro atoms. The Balaban J connectivity index is 2.09. The van der Waals surface area contributed by atoms with Crippen molar-refractivity contribution in [2.45, 2.75) is 40.2 Å². The molecule has 2 aromatic rings. The molecule has 146 valence electrons. The fraction of sp³-hybridized carbons (Fsp3) is 0.455. The summed E-state index contributed by atoms with van der Waals surface area (Å²) in [5, 5.41) is 6.82. The first-order valence-corrected chi connectivity index (χ1v) is 9.60. The smallest absolute Gasteiger partial charge is 0.191 e. The van der Waals surface area contributed by atoms with Gasteiger partial charge in [0, 0.05) is 37.0 Å². The van der Waals surface area contributed by atoms with Gasteiger partial charge in [-0.1, -0.05) is 32.0 Å². The molecule has 2 rings (SSSR count). The molecule has 27 heavy (non-hydrogen) atoms. The van der Waals surface area contributed by atoms with Crippen LogP contribution >= 0.6 is 0 Å². The van der Waals surface area contributed by atoms with Crippen LogP contribution in [0.1, 0.15) is 43.4 Å². The van der Waals surface area contributed by atoms with E-state index in [0.29, 0.717) is 18.4 Å². The Kier molecular flexibility index (Phi) is 8.11. The van der Waals surface area contributed by atoms with Gasteiger partial charge in [-0.25, -0.2) is 4.99 Å². The standard InChI is InChI=1S/C22H32N4O/c1-6-24-22(25-14-19-10-9-17(4)12-21(19)27-5)26-15-20(16(2)3)18-8-7-11-23-13-18/h7-13,16,20H,6,14-15H2,1-5H3,(H2,24,25,26). The van der Waals surface area contributed by atoms with Gasteiger partial charge in [-0.15, -0.1) is 0 Å². The third-order valence-electron chi connectivity index (χ3n) is 4.60. The number of hydrogen-bond donors (Lipinski definition) is 2. The van der Waals surface area contributed by atoms with E-state index in [4.69, 9.17) is 9.73 Å². The first-order valence-electron chi connectivity index (χ1n) is 9.60. The number of guanidine groups is 1. The highest BCUT2D eigenvalue weighted by molar-refractivity contribution is 5.79. The summed E-state index contributed by atoms with van der Waals surface area (Å²) in [6, 6.07) is 10.3. The molecule has 0 bridgehead atoms. The minimum absolute atomic E-state index is 0.372. The molecule has 1 aromatic heterocycles. The number of hydrogen-bond acceptors (Lipinski definition) is 3. The van der Waals surface area contributed by atoms with Crippen molar-refractivity contribution in [2.75, 3.05) is 20.2 Å². The van der Waals surface area contributed by atoms with Gasteiger partial charge >= 0.3 is 0 Å². The summed E-state index contributed by atoms with van der Waals surface area (Å²) in [7, 11) is 1.70. The van der Waals surface area contributed by atoms with Crippen molar-refractivity contribution in [3.8, 4) is 5.75 Å². The molecule has 0 radical (unpaired) electrons. The Labute approximate surface area is 163 Å². The van der Waals surface area contributed by atoms with E-state index in [2.05, 4.69) is 61.5 Å². The molecule has 5 heteroatoms. The van der Waals surface area contributed by atoms with E-state index < -0.39 is 0 Å². The molecule has 5 nitrogen and oxygen atoms in total. The second kappa shape index (κ2) is 10.6. The van der Waals surface area contributed by atoms with Crippen molar-refractivity contribution >= 4 is 5.96 Å². The van der Waals surface area contributed by atoms with Crippen LogP contribution in [0.5, 0.6) is 5.75 Å². The second-order valence-electron chi connectivity index (χ2n) is 7.03. The topological polar surface area (TPSA) is 58.5 Å². The summed E-state index contributed by atoms with van der Waals surface area (Å²) in [5.41, 5.74) is 3.50. The van der Waals surface area contributed by atoms with E-state index in [0.717, 1.165) is 30.4 Å². The monoisotopic (exact) mass is 368 g/mol. The molecule has 0 amide bonds. The minimum Gasteiger partial charge on any atom is -0.496 e. The number of methoxy groups -OCH3 is 1. The van der Waals surface area contributed by atoms with Gasteiger partial charge in [0.25, 0.3) is 0 Å². The highest BCUT2D eigenvalue weighted by atomic mass is 16.5. The van der Waals surface area contributed by atoms with Gasteiger partial charge in [0.1, 0.15) is 5.75 Å². The van der Waals surface area contributed by atoms with Crippen LogP contribution < -0.4 is 15.4 Å². The maximum atomic E-state index is 5.49. The van der Waals surface area contributed by atoms with Crippen LogP contribution in [-0.2, 0) is 6.54 Å². The van der Waals surface area contributed by atoms with Gasteiger partial charge in [0.2, 0.25) is 0 Å². The first kappa shape index (κ1) is 20.7. The second-order valence-corrected chi connectivity index (χ2v) is 7.03. The molecular formula is C22H32N4O. The zero-order valence-electron chi connectivity index (χ0n) is 17.1. The number of aliphatic imine (C=N–C) groups is 1. The highest BCUT2D eigenvalue weighted by Crippen LogP contribution is 2.23. The van der Waals surface area contributed by atoms with Crippen LogP contribution in [-0.4, -0.2) is 31.1 Å². The highest BCUT2D eigenvalue weighted by Gasteiger charge is 2.16. The Morgan fingerprint density at radius 1 is 1.22 bits per heavy atom. The number of pyridine rings is 1. The van der Waals surface area contributed by atoms with Gasteiger partial charge in [-0.2, -0.15) is 0 Å². The Hall–Kier alpha value is -2.56. The molecule has 1 unspecified atom stereocenters. The summed E-state index contributed by atoms with van der Waals surface area (Å²) < 4.78 is 5.49. The number of nitrogens with one attached hydrogen (secondary N) is 2. The van der Waals surface area contributed by atoms with Crippen molar-refractivity contribution in [1.82, 2.24) is 15.6 Å². The van der Waals surface area contributed by atoms with Crippen LogP contribution in [0.3, 0.4) is 0 Å². The van der Waals surface area contributed by atoms with Gasteiger partial charge < -0.3 is 15.4 Å². The molecule has 0 aliphatic heterocycles. The quantitative estimate of drug-likeness (QED) is 0.548. The van der Waals surface area contributed by atoms with Crippen molar-refractivity contribution in [3.05, 3.63) is 59.4 Å². The van der Waals surface area contributed by atoms with E-state index in [9.17, 15) is 0 Å². The zero-order chi connectivity index (χ0) is 19.6. The molecule has 2 N–H and O–H groups in total. The third-order valence-corrected chi connectivity index (χ3v) is 4.60. The molecule has 1 atom stereocenters. The van der Waals surface area contributed by atoms with Crippen LogP contribution in [0.2, 0.25) is 0 Å². The lowest BCUT2D eigenvalue weighted by molar-refractivity contribution is 0.409. The Morgan fingerprint density at radius 2 is 2.04 bits per heavy atom. The van der Waals surface area contributed by atoms with Crippen LogP contribution in [0.15, 0.2) is 47.7 Å². The van der Waals surface area contributed by atoms with Gasteiger partial charge in [-0.05, 0) is 43.0 Å². The van der Waals surface area contributed by atoms with Crippen molar-refractivity contribution in [2.24, 2.45) is 10.9 Å². The van der Waals surface area contributed by atoms with Crippen LogP contribution in [0.4, 0.5) is 0 Å². The summed E-state index contributed by atoms with van der Waals surface area (Å²) >= 11 is 0. The summed E-state index contributed by atoms with van der Waals surface area (Å²) in [5.74, 6) is 2.57. The molecule has 0 saturated carbocycles. The number of benzene rings is 1. The lowest BCUT2D eigenvalue weighted by Gasteiger charge is -2.23. The van der Waals surface area contributed by atoms with Crippen LogP contribution in [0, 0.1) is 12.8 Å². The number of nitrogens with zero attached hydrogens (tertiary/aromatic N) is 2. The van der Waals surface area contributed by atoms with E-state index in [1.807, 2.05) is 24.5 Å². The zero-order valence-corrected chi connectivity index (χ0v) is 17.1. The van der Waals surface area contributed by atoms with Crippen molar-refractivity contribution in [3.63, 3.8) is 0 Å². The van der Waals surface area contributed by atoms with Crippen LogP contribution in [0.25, 0.3) is 0 Å². The largest absolute Gasteiger partial charge is 0.496 e. The molecule has 0 aliphatic rings. The Morgan fingerprint density at radius 3 is 2.67 bits per heavy atom. The lowest BCUT2D eigenvalue weighted by atomic mass is 9.89. The Bertz CT molecular complexity index is 728.